The molecule has 8 heteroatoms. The zero-order valence-corrected chi connectivity index (χ0v) is 25.2. The van der Waals surface area contributed by atoms with Gasteiger partial charge in [0.05, 0.1) is 22.6 Å². The number of anilines is 3. The van der Waals surface area contributed by atoms with Crippen molar-refractivity contribution in [2.75, 3.05) is 4.90 Å². The van der Waals surface area contributed by atoms with Crippen LogP contribution in [0, 0.1) is 5.92 Å². The molecule has 1 heterocycles. The second kappa shape index (κ2) is 16.2. The van der Waals surface area contributed by atoms with Gasteiger partial charge in [0.15, 0.2) is 4.34 Å². The number of fused-ring (bicyclic) bond motifs is 1. The predicted molar refractivity (Wildman–Crippen MR) is 169 cm³/mol. The number of hydrogen-bond donors (Lipinski definition) is 1. The molecule has 41 heavy (non-hydrogen) atoms. The van der Waals surface area contributed by atoms with Crippen molar-refractivity contribution in [2.45, 2.75) is 75.5 Å². The third kappa shape index (κ3) is 9.33. The second-order valence-corrected chi connectivity index (χ2v) is 12.2. The first-order valence-electron chi connectivity index (χ1n) is 14.5. The van der Waals surface area contributed by atoms with Crippen molar-refractivity contribution >= 4 is 62.6 Å². The van der Waals surface area contributed by atoms with Gasteiger partial charge in [0.2, 0.25) is 0 Å². The fourth-order valence-corrected chi connectivity index (χ4v) is 6.51. The number of unbranched alkanes of at least 4 members (excludes halogenated alkanes) is 7. The summed E-state index contributed by atoms with van der Waals surface area (Å²) in [5.74, 6) is -2.11. The first-order chi connectivity index (χ1) is 20.0. The number of aromatic nitrogens is 1. The van der Waals surface area contributed by atoms with Gasteiger partial charge in [0.25, 0.3) is 0 Å². The van der Waals surface area contributed by atoms with Crippen molar-refractivity contribution in [3.8, 4) is 0 Å². The minimum absolute atomic E-state index is 0.214. The van der Waals surface area contributed by atoms with Gasteiger partial charge < -0.3 is 14.2 Å². The van der Waals surface area contributed by atoms with Gasteiger partial charge in [0.1, 0.15) is 12.0 Å². The van der Waals surface area contributed by atoms with E-state index >= 15 is 0 Å². The van der Waals surface area contributed by atoms with Gasteiger partial charge in [-0.1, -0.05) is 94.7 Å². The summed E-state index contributed by atoms with van der Waals surface area (Å²) in [5.41, 5.74) is 3.91. The number of para-hydroxylation sites is 2. The normalized spacial score (nSPS) is 11.8. The van der Waals surface area contributed by atoms with Crippen molar-refractivity contribution in [3.63, 3.8) is 0 Å². The minimum atomic E-state index is -0.981. The van der Waals surface area contributed by atoms with Gasteiger partial charge in [-0.2, -0.15) is 0 Å². The number of aliphatic carboxylic acids is 1. The van der Waals surface area contributed by atoms with E-state index in [1.807, 2.05) is 48.5 Å². The lowest BCUT2D eigenvalue weighted by Crippen LogP contribution is -2.19. The summed E-state index contributed by atoms with van der Waals surface area (Å²) in [5, 5.41) is 9.34. The summed E-state index contributed by atoms with van der Waals surface area (Å²) in [6, 6.07) is 26.5. The average molecular weight is 591 g/mol. The van der Waals surface area contributed by atoms with E-state index < -0.39 is 17.9 Å². The fraction of sp³-hybridized carbons (Fsp3) is 0.364. The molecule has 1 unspecified atom stereocenters. The molecule has 0 fully saturated rings. The lowest BCUT2D eigenvalue weighted by molar-refractivity contribution is -0.146. The molecule has 216 valence electrons. The maximum atomic E-state index is 12.8. The van der Waals surface area contributed by atoms with Crippen LogP contribution in [0.25, 0.3) is 10.2 Å². The molecule has 0 saturated carbocycles. The zero-order chi connectivity index (χ0) is 28.9. The molecule has 0 aliphatic heterocycles. The van der Waals surface area contributed by atoms with Crippen LogP contribution >= 0.6 is 23.4 Å². The Morgan fingerprint density at radius 2 is 1.46 bits per heavy atom. The first kappa shape index (κ1) is 30.6. The Bertz CT molecular complexity index is 1340. The molecule has 4 rings (SSSR count). The highest BCUT2D eigenvalue weighted by molar-refractivity contribution is 7.97. The highest BCUT2D eigenvalue weighted by atomic mass is 32.2. The third-order valence-corrected chi connectivity index (χ3v) is 8.74. The molecule has 4 aromatic rings. The SMILES string of the molecule is CCCCCCCCCCC(CC(=O)O)C(=O)OSc1nc2ccc(N(c3ccccc3)c3ccccc3)cc2s1. The number of nitrogens with zero attached hydrogens (tertiary/aromatic N) is 2. The zero-order valence-electron chi connectivity index (χ0n) is 23.5. The maximum Gasteiger partial charge on any atom is 0.321 e. The molecule has 0 bridgehead atoms. The minimum Gasteiger partial charge on any atom is -0.481 e. The van der Waals surface area contributed by atoms with E-state index in [-0.39, 0.29) is 6.42 Å². The molecule has 0 saturated heterocycles. The van der Waals surface area contributed by atoms with Crippen LogP contribution in [0.4, 0.5) is 17.1 Å². The molecule has 0 amide bonds. The molecule has 6 nitrogen and oxygen atoms in total. The summed E-state index contributed by atoms with van der Waals surface area (Å²) >= 11 is 2.37. The number of carbonyl (C=O) groups is 2. The van der Waals surface area contributed by atoms with Crippen LogP contribution in [0.3, 0.4) is 0 Å². The number of benzene rings is 3. The topological polar surface area (TPSA) is 79.7 Å². The molecule has 1 atom stereocenters. The van der Waals surface area contributed by atoms with Gasteiger partial charge in [0, 0.05) is 17.1 Å². The van der Waals surface area contributed by atoms with E-state index in [9.17, 15) is 14.7 Å². The van der Waals surface area contributed by atoms with E-state index in [1.165, 1.54) is 43.4 Å². The number of rotatable bonds is 17. The van der Waals surface area contributed by atoms with E-state index in [4.69, 9.17) is 4.18 Å². The van der Waals surface area contributed by atoms with E-state index in [0.29, 0.717) is 10.8 Å². The molecule has 1 aromatic heterocycles. The summed E-state index contributed by atoms with van der Waals surface area (Å²) < 4.78 is 7.09. The number of thiazole rings is 1. The molecule has 1 N–H and O–H groups in total. The van der Waals surface area contributed by atoms with Gasteiger partial charge in [-0.05, 0) is 48.9 Å². The lowest BCUT2D eigenvalue weighted by Gasteiger charge is -2.25. The number of carboxylic acids is 1. The number of hydrogen-bond acceptors (Lipinski definition) is 7. The Hall–Kier alpha value is -3.36. The Kier molecular flexibility index (Phi) is 12.1. The van der Waals surface area contributed by atoms with Crippen LogP contribution in [0.15, 0.2) is 83.2 Å². The Morgan fingerprint density at radius 1 is 0.854 bits per heavy atom. The first-order valence-corrected chi connectivity index (χ1v) is 16.0. The van der Waals surface area contributed by atoms with Crippen LogP contribution < -0.4 is 4.90 Å². The molecule has 3 aromatic carbocycles. The summed E-state index contributed by atoms with van der Waals surface area (Å²) in [6.45, 7) is 2.21. The van der Waals surface area contributed by atoms with Gasteiger partial charge >= 0.3 is 11.9 Å². The molecular weight excluding hydrogens is 553 g/mol. The van der Waals surface area contributed by atoms with Gasteiger partial charge in [-0.3, -0.25) is 9.59 Å². The molecular formula is C33H38N2O4S2. The lowest BCUT2D eigenvalue weighted by atomic mass is 9.97. The summed E-state index contributed by atoms with van der Waals surface area (Å²) in [4.78, 5) is 31.1. The Balaban J connectivity index is 1.38. The van der Waals surface area contributed by atoms with Crippen LogP contribution in [0.2, 0.25) is 0 Å². The van der Waals surface area contributed by atoms with Crippen LogP contribution in [0.5, 0.6) is 0 Å². The van der Waals surface area contributed by atoms with Crippen molar-refractivity contribution < 1.29 is 18.9 Å². The largest absolute Gasteiger partial charge is 0.481 e. The predicted octanol–water partition coefficient (Wildman–Crippen LogP) is 9.94. The summed E-state index contributed by atoms with van der Waals surface area (Å²) in [7, 11) is 0. The quantitative estimate of drug-likeness (QED) is 0.0968. The summed E-state index contributed by atoms with van der Waals surface area (Å²) in [6.07, 6.45) is 9.48. The third-order valence-electron chi connectivity index (χ3n) is 6.99. The van der Waals surface area contributed by atoms with Gasteiger partial charge in [-0.25, -0.2) is 4.98 Å². The monoisotopic (exact) mass is 590 g/mol. The van der Waals surface area contributed by atoms with E-state index in [1.54, 1.807) is 0 Å². The van der Waals surface area contributed by atoms with Crippen LogP contribution in [0.1, 0.15) is 71.1 Å². The molecule has 0 spiro atoms. The number of carbonyl (C=O) groups excluding carboxylic acids is 1. The smallest absolute Gasteiger partial charge is 0.321 e. The standard InChI is InChI=1S/C33H38N2O4S2/c1-2-3-4-5-6-7-8-11-16-25(23-31(36)37)32(38)39-41-33-34-29-22-21-28(24-30(29)40-33)35(26-17-12-9-13-18-26)27-19-14-10-15-20-27/h9-10,12-15,17-22,24-25H,2-8,11,16,23H2,1H3,(H,36,37). The van der Waals surface area contributed by atoms with E-state index in [2.05, 4.69) is 47.1 Å². The highest BCUT2D eigenvalue weighted by Gasteiger charge is 2.24. The highest BCUT2D eigenvalue weighted by Crippen LogP contribution is 2.38. The van der Waals surface area contributed by atoms with Crippen LogP contribution in [-0.4, -0.2) is 22.0 Å². The molecule has 0 aliphatic rings. The van der Waals surface area contributed by atoms with Crippen molar-refractivity contribution in [2.24, 2.45) is 5.92 Å². The Morgan fingerprint density at radius 3 is 2.07 bits per heavy atom. The number of carboxylic acid groups (broad SMARTS) is 1. The maximum absolute atomic E-state index is 12.8. The van der Waals surface area contributed by atoms with Crippen molar-refractivity contribution in [3.05, 3.63) is 78.9 Å². The van der Waals surface area contributed by atoms with Crippen LogP contribution in [-0.2, 0) is 13.8 Å². The van der Waals surface area contributed by atoms with Crippen molar-refractivity contribution in [1.29, 1.82) is 0 Å². The second-order valence-electron chi connectivity index (χ2n) is 10.2. The van der Waals surface area contributed by atoms with Crippen molar-refractivity contribution in [1.82, 2.24) is 4.98 Å². The van der Waals surface area contributed by atoms with E-state index in [0.717, 1.165) is 58.6 Å². The molecule has 0 radical (unpaired) electrons. The average Bonchev–Trinajstić information content (AvgIpc) is 3.40. The Labute approximate surface area is 251 Å². The molecule has 0 aliphatic carbocycles. The van der Waals surface area contributed by atoms with Gasteiger partial charge in [-0.15, -0.1) is 11.3 Å². The fourth-order valence-electron chi connectivity index (χ4n) is 4.85.